The van der Waals surface area contributed by atoms with Crippen LogP contribution in [0.25, 0.3) is 0 Å². The van der Waals surface area contributed by atoms with Crippen LogP contribution in [0.3, 0.4) is 0 Å². The Hall–Kier alpha value is -0.980. The molecule has 124 valence electrons. The summed E-state index contributed by atoms with van der Waals surface area (Å²) < 4.78 is 17.0. The molecule has 0 radical (unpaired) electrons. The normalized spacial score (nSPS) is 22.5. The molecule has 6 nitrogen and oxygen atoms in total. The van der Waals surface area contributed by atoms with Gasteiger partial charge in [0.1, 0.15) is 0 Å². The molecule has 2 saturated heterocycles. The van der Waals surface area contributed by atoms with Gasteiger partial charge in [0.2, 0.25) is 11.8 Å². The second-order valence-electron chi connectivity index (χ2n) is 6.56. The van der Waals surface area contributed by atoms with Crippen LogP contribution in [0.1, 0.15) is 63.1 Å². The van der Waals surface area contributed by atoms with E-state index in [1.54, 1.807) is 0 Å². The van der Waals surface area contributed by atoms with Crippen molar-refractivity contribution >= 4 is 0 Å². The Balaban J connectivity index is 1.41. The maximum atomic E-state index is 5.79. The van der Waals surface area contributed by atoms with E-state index in [0.29, 0.717) is 11.8 Å². The number of ether oxygens (including phenoxy) is 2. The van der Waals surface area contributed by atoms with Gasteiger partial charge in [-0.2, -0.15) is 0 Å². The second-order valence-corrected chi connectivity index (χ2v) is 6.56. The number of hydrogen-bond donors (Lipinski definition) is 0. The summed E-state index contributed by atoms with van der Waals surface area (Å²) >= 11 is 0. The largest absolute Gasteiger partial charge is 0.425 e. The van der Waals surface area contributed by atoms with Crippen molar-refractivity contribution in [2.75, 3.05) is 32.8 Å². The van der Waals surface area contributed by atoms with Crippen molar-refractivity contribution in [1.82, 2.24) is 15.1 Å². The molecule has 2 fully saturated rings. The highest BCUT2D eigenvalue weighted by Crippen LogP contribution is 2.28. The Labute approximate surface area is 132 Å². The molecule has 2 aliphatic rings. The fraction of sp³-hybridized carbons (Fsp3) is 0.875. The van der Waals surface area contributed by atoms with Gasteiger partial charge in [0.05, 0.1) is 13.2 Å². The van der Waals surface area contributed by atoms with Gasteiger partial charge >= 0.3 is 0 Å². The first-order valence-electron chi connectivity index (χ1n) is 8.51. The highest BCUT2D eigenvalue weighted by Gasteiger charge is 2.26. The molecular formula is C16H27N3O3. The van der Waals surface area contributed by atoms with Crippen LogP contribution in [0.2, 0.25) is 0 Å². The number of nitrogens with zero attached hydrogens (tertiary/aromatic N) is 3. The molecule has 0 amide bonds. The number of aromatic nitrogens is 2. The van der Waals surface area contributed by atoms with Crippen LogP contribution < -0.4 is 0 Å². The van der Waals surface area contributed by atoms with Gasteiger partial charge in [-0.05, 0) is 32.4 Å². The highest BCUT2D eigenvalue weighted by molar-refractivity contribution is 4.96. The predicted molar refractivity (Wildman–Crippen MR) is 81.7 cm³/mol. The standard InChI is InChI=1S/C16H27N3O3/c1-12(2)15-17-18-16(22-15)13-4-7-19(8-5-13)9-6-14-20-10-3-11-21-14/h12-14H,3-11H2,1-2H3. The number of piperidine rings is 1. The fourth-order valence-corrected chi connectivity index (χ4v) is 3.04. The van der Waals surface area contributed by atoms with E-state index in [0.717, 1.165) is 70.3 Å². The summed E-state index contributed by atoms with van der Waals surface area (Å²) in [6, 6.07) is 0. The van der Waals surface area contributed by atoms with E-state index in [1.807, 2.05) is 0 Å². The van der Waals surface area contributed by atoms with Gasteiger partial charge in [0.15, 0.2) is 6.29 Å². The third-order valence-corrected chi connectivity index (χ3v) is 4.46. The number of likely N-dealkylation sites (tertiary alicyclic amines) is 1. The molecule has 0 N–H and O–H groups in total. The molecule has 0 atom stereocenters. The fourth-order valence-electron chi connectivity index (χ4n) is 3.04. The van der Waals surface area contributed by atoms with Gasteiger partial charge in [0.25, 0.3) is 0 Å². The van der Waals surface area contributed by atoms with Crippen molar-refractivity contribution in [3.8, 4) is 0 Å². The molecule has 3 heterocycles. The monoisotopic (exact) mass is 309 g/mol. The number of hydrogen-bond acceptors (Lipinski definition) is 6. The Morgan fingerprint density at radius 1 is 1.14 bits per heavy atom. The van der Waals surface area contributed by atoms with Crippen LogP contribution in [0.5, 0.6) is 0 Å². The van der Waals surface area contributed by atoms with Crippen LogP contribution in [0, 0.1) is 0 Å². The molecule has 0 bridgehead atoms. The molecule has 0 aliphatic carbocycles. The quantitative estimate of drug-likeness (QED) is 0.833. The van der Waals surface area contributed by atoms with Crippen molar-refractivity contribution in [2.45, 2.75) is 57.7 Å². The van der Waals surface area contributed by atoms with Gasteiger partial charge in [-0.15, -0.1) is 10.2 Å². The van der Waals surface area contributed by atoms with E-state index in [1.165, 1.54) is 0 Å². The van der Waals surface area contributed by atoms with Crippen molar-refractivity contribution in [1.29, 1.82) is 0 Å². The minimum atomic E-state index is -0.00369. The summed E-state index contributed by atoms with van der Waals surface area (Å²) in [5, 5.41) is 8.37. The lowest BCUT2D eigenvalue weighted by molar-refractivity contribution is -0.182. The van der Waals surface area contributed by atoms with Gasteiger partial charge in [-0.25, -0.2) is 0 Å². The molecule has 1 aromatic rings. The minimum absolute atomic E-state index is 0.00369. The second kappa shape index (κ2) is 7.53. The van der Waals surface area contributed by atoms with Gasteiger partial charge < -0.3 is 18.8 Å². The summed E-state index contributed by atoms with van der Waals surface area (Å²) in [5.74, 6) is 2.29. The topological polar surface area (TPSA) is 60.6 Å². The molecule has 0 saturated carbocycles. The average Bonchev–Trinajstić information content (AvgIpc) is 3.05. The molecule has 6 heteroatoms. The van der Waals surface area contributed by atoms with Crippen molar-refractivity contribution in [2.24, 2.45) is 0 Å². The molecule has 0 aromatic carbocycles. The predicted octanol–water partition coefficient (Wildman–Crippen LogP) is 2.53. The smallest absolute Gasteiger partial charge is 0.219 e. The van der Waals surface area contributed by atoms with Gasteiger partial charge in [-0.1, -0.05) is 13.8 Å². The summed E-state index contributed by atoms with van der Waals surface area (Å²) in [7, 11) is 0. The average molecular weight is 309 g/mol. The zero-order valence-corrected chi connectivity index (χ0v) is 13.7. The minimum Gasteiger partial charge on any atom is -0.425 e. The third kappa shape index (κ3) is 4.06. The van der Waals surface area contributed by atoms with Gasteiger partial charge in [-0.3, -0.25) is 0 Å². The first kappa shape index (κ1) is 15.9. The molecule has 3 rings (SSSR count). The summed E-state index contributed by atoms with van der Waals surface area (Å²) in [5.41, 5.74) is 0. The molecular weight excluding hydrogens is 282 g/mol. The molecule has 0 unspecified atom stereocenters. The SMILES string of the molecule is CC(C)c1nnc(C2CCN(CCC3OCCCO3)CC2)o1. The molecule has 2 aliphatic heterocycles. The van der Waals surface area contributed by atoms with E-state index in [-0.39, 0.29) is 6.29 Å². The number of rotatable bonds is 5. The van der Waals surface area contributed by atoms with Crippen molar-refractivity contribution < 1.29 is 13.9 Å². The van der Waals surface area contributed by atoms with Crippen LogP contribution >= 0.6 is 0 Å². The lowest BCUT2D eigenvalue weighted by Crippen LogP contribution is -2.36. The summed E-state index contributed by atoms with van der Waals surface area (Å²) in [6.07, 6.45) is 4.15. The van der Waals surface area contributed by atoms with E-state index in [9.17, 15) is 0 Å². The van der Waals surface area contributed by atoms with Crippen molar-refractivity contribution in [3.63, 3.8) is 0 Å². The first-order chi connectivity index (χ1) is 10.7. The molecule has 22 heavy (non-hydrogen) atoms. The first-order valence-corrected chi connectivity index (χ1v) is 8.51. The van der Waals surface area contributed by atoms with Crippen LogP contribution in [0.15, 0.2) is 4.42 Å². The summed E-state index contributed by atoms with van der Waals surface area (Å²) in [4.78, 5) is 2.48. The summed E-state index contributed by atoms with van der Waals surface area (Å²) in [6.45, 7) is 9.03. The van der Waals surface area contributed by atoms with Crippen LogP contribution in [-0.2, 0) is 9.47 Å². The zero-order chi connectivity index (χ0) is 15.4. The van der Waals surface area contributed by atoms with E-state index < -0.39 is 0 Å². The van der Waals surface area contributed by atoms with E-state index in [4.69, 9.17) is 13.9 Å². The van der Waals surface area contributed by atoms with E-state index in [2.05, 4.69) is 28.9 Å². The Kier molecular flexibility index (Phi) is 5.44. The van der Waals surface area contributed by atoms with Crippen molar-refractivity contribution in [3.05, 3.63) is 11.8 Å². The van der Waals surface area contributed by atoms with Crippen LogP contribution in [-0.4, -0.2) is 54.2 Å². The highest BCUT2D eigenvalue weighted by atomic mass is 16.7. The zero-order valence-electron chi connectivity index (χ0n) is 13.7. The molecule has 1 aromatic heterocycles. The third-order valence-electron chi connectivity index (χ3n) is 4.46. The lowest BCUT2D eigenvalue weighted by Gasteiger charge is -2.32. The maximum absolute atomic E-state index is 5.79. The van der Waals surface area contributed by atoms with Crippen LogP contribution in [0.4, 0.5) is 0 Å². The lowest BCUT2D eigenvalue weighted by atomic mass is 9.97. The Morgan fingerprint density at radius 2 is 1.86 bits per heavy atom. The maximum Gasteiger partial charge on any atom is 0.219 e. The van der Waals surface area contributed by atoms with Gasteiger partial charge in [0, 0.05) is 24.8 Å². The Morgan fingerprint density at radius 3 is 2.50 bits per heavy atom. The Bertz CT molecular complexity index is 449. The molecule has 0 spiro atoms. The van der Waals surface area contributed by atoms with E-state index >= 15 is 0 Å².